The van der Waals surface area contributed by atoms with Crippen molar-refractivity contribution < 1.29 is 63.6 Å². The summed E-state index contributed by atoms with van der Waals surface area (Å²) in [7, 11) is 0. The van der Waals surface area contributed by atoms with Gasteiger partial charge in [0.25, 0.3) is 0 Å². The van der Waals surface area contributed by atoms with Crippen LogP contribution in [0.15, 0.2) is 24.3 Å². The second-order valence-corrected chi connectivity index (χ2v) is 14.0. The molecule has 24 heteroatoms. The van der Waals surface area contributed by atoms with Crippen LogP contribution in [0.4, 0.5) is 9.59 Å². The first-order valence-corrected chi connectivity index (χ1v) is 19.6. The number of aliphatic carboxylic acids is 4. The summed E-state index contributed by atoms with van der Waals surface area (Å²) in [5.41, 5.74) is 6.56. The minimum Gasteiger partial charge on any atom is -0.481 e. The lowest BCUT2D eigenvalue weighted by Crippen LogP contribution is -2.56. The molecule has 0 saturated carbocycles. The molecule has 1 aromatic rings. The van der Waals surface area contributed by atoms with Gasteiger partial charge in [0, 0.05) is 37.8 Å². The zero-order valence-corrected chi connectivity index (χ0v) is 34.0. The van der Waals surface area contributed by atoms with Gasteiger partial charge in [-0.2, -0.15) is 12.6 Å². The molecule has 0 unspecified atom stereocenters. The molecular formula is C36H56N10O13S. The Morgan fingerprint density at radius 1 is 0.633 bits per heavy atom. The van der Waals surface area contributed by atoms with Gasteiger partial charge in [-0.3, -0.25) is 29.4 Å². The van der Waals surface area contributed by atoms with Crippen LogP contribution < -0.4 is 48.3 Å². The summed E-state index contributed by atoms with van der Waals surface area (Å²) in [6, 6.07) is -0.482. The van der Waals surface area contributed by atoms with E-state index in [0.717, 1.165) is 0 Å². The van der Waals surface area contributed by atoms with Crippen molar-refractivity contribution in [2.45, 2.75) is 108 Å². The third-order valence-corrected chi connectivity index (χ3v) is 8.88. The molecular weight excluding hydrogens is 813 g/mol. The van der Waals surface area contributed by atoms with Crippen LogP contribution >= 0.6 is 12.6 Å². The number of thiol groups is 1. The Morgan fingerprint density at radius 3 is 1.77 bits per heavy atom. The Morgan fingerprint density at radius 2 is 1.20 bits per heavy atom. The average Bonchev–Trinajstić information content (AvgIpc) is 3.16. The second-order valence-electron chi connectivity index (χ2n) is 13.6. The minimum absolute atomic E-state index is 0.0596. The highest BCUT2D eigenvalue weighted by Crippen LogP contribution is 2.09. The van der Waals surface area contributed by atoms with Gasteiger partial charge >= 0.3 is 35.9 Å². The van der Waals surface area contributed by atoms with Crippen molar-refractivity contribution >= 4 is 72.2 Å². The summed E-state index contributed by atoms with van der Waals surface area (Å²) in [6.45, 7) is 2.51. The fourth-order valence-electron chi connectivity index (χ4n) is 5.33. The molecule has 0 aliphatic rings. The van der Waals surface area contributed by atoms with Crippen LogP contribution in [0.5, 0.6) is 0 Å². The number of carbonyl (C=O) groups excluding carboxylic acids is 5. The fourth-order valence-corrected chi connectivity index (χ4v) is 5.58. The number of carboxylic acid groups (broad SMARTS) is 4. The summed E-state index contributed by atoms with van der Waals surface area (Å²) >= 11 is 3.86. The van der Waals surface area contributed by atoms with Gasteiger partial charge in [0.15, 0.2) is 5.96 Å². The Bertz CT molecular complexity index is 1650. The number of carboxylic acids is 4. The van der Waals surface area contributed by atoms with Crippen LogP contribution in [0.2, 0.25) is 0 Å². The molecule has 60 heavy (non-hydrogen) atoms. The number of rotatable bonds is 29. The molecule has 0 fully saturated rings. The smallest absolute Gasteiger partial charge is 0.327 e. The highest BCUT2D eigenvalue weighted by molar-refractivity contribution is 7.80. The highest BCUT2D eigenvalue weighted by Gasteiger charge is 2.31. The summed E-state index contributed by atoms with van der Waals surface area (Å²) in [5.74, 6) is -8.46. The van der Waals surface area contributed by atoms with E-state index < -0.39 is 90.7 Å². The Hall–Kier alpha value is -6.33. The van der Waals surface area contributed by atoms with E-state index in [9.17, 15) is 58.5 Å². The summed E-state index contributed by atoms with van der Waals surface area (Å²) < 4.78 is 0. The molecule has 0 bridgehead atoms. The average molecular weight is 869 g/mol. The van der Waals surface area contributed by atoms with Crippen molar-refractivity contribution in [1.29, 1.82) is 5.41 Å². The third kappa shape index (κ3) is 23.2. The van der Waals surface area contributed by atoms with Gasteiger partial charge in [-0.05, 0) is 63.0 Å². The van der Waals surface area contributed by atoms with E-state index in [-0.39, 0.29) is 43.6 Å². The summed E-state index contributed by atoms with van der Waals surface area (Å²) in [4.78, 5) is 108. The Labute approximate surface area is 351 Å². The standard InChI is InChI=1S/C36H56N10O13S/c1-20(42-36(59)46-24(32(54)55)12-13-28(48)49)6-2-4-15-40-35(58)41-18-22-10-8-21(9-11-22)16-27(47)43-23(7-3-5-14-39-34(37)38)30(52)44-25(17-29(50)51)31(53)45-26(19-60)33(56)57/h8-11,20,23-26,60H,2-7,12-19H2,1H3,(H,43,47)(H,44,52)(H,45,53)(H,48,49)(H,50,51)(H,54,55)(H,56,57)(H4,37,38,39)(H2,40,41,58)(H2,42,46,59)/t20-,23+,24+,25+,26+/m1/s1. The normalized spacial score (nSPS) is 13.1. The van der Waals surface area contributed by atoms with Crippen molar-refractivity contribution in [1.82, 2.24) is 42.5 Å². The van der Waals surface area contributed by atoms with Crippen LogP contribution in [0, 0.1) is 5.41 Å². The predicted molar refractivity (Wildman–Crippen MR) is 217 cm³/mol. The molecule has 0 aromatic heterocycles. The van der Waals surface area contributed by atoms with Crippen LogP contribution in [0.3, 0.4) is 0 Å². The van der Waals surface area contributed by atoms with E-state index in [0.29, 0.717) is 56.3 Å². The highest BCUT2D eigenvalue weighted by atomic mass is 32.1. The summed E-state index contributed by atoms with van der Waals surface area (Å²) in [5, 5.41) is 63.7. The van der Waals surface area contributed by atoms with Gasteiger partial charge in [0.1, 0.15) is 24.2 Å². The quantitative estimate of drug-likeness (QED) is 0.0195. The van der Waals surface area contributed by atoms with Gasteiger partial charge in [0.2, 0.25) is 17.7 Å². The number of benzene rings is 1. The minimum atomic E-state index is -1.67. The van der Waals surface area contributed by atoms with Crippen molar-refractivity contribution in [3.05, 3.63) is 35.4 Å². The monoisotopic (exact) mass is 868 g/mol. The lowest BCUT2D eigenvalue weighted by atomic mass is 10.1. The maximum absolute atomic E-state index is 13.3. The van der Waals surface area contributed by atoms with Crippen molar-refractivity contribution in [2.75, 3.05) is 18.8 Å². The van der Waals surface area contributed by atoms with Gasteiger partial charge in [0.05, 0.1) is 12.8 Å². The van der Waals surface area contributed by atoms with E-state index in [1.165, 1.54) is 0 Å². The van der Waals surface area contributed by atoms with Crippen LogP contribution in [0.1, 0.15) is 75.8 Å². The SMILES string of the molecule is C[C@H](CCCCNC(=O)NCc1ccc(CC(=O)N[C@@H](CCCCNC(=N)N)C(=O)N[C@@H](CC(=O)O)C(=O)N[C@@H](CS)C(=O)O)cc1)NC(=O)N[C@@H](CCC(=O)O)C(=O)O. The molecule has 0 heterocycles. The van der Waals surface area contributed by atoms with E-state index in [4.69, 9.17) is 16.2 Å². The molecule has 1 aromatic carbocycles. The molecule has 1 rings (SSSR count). The maximum atomic E-state index is 13.3. The van der Waals surface area contributed by atoms with Gasteiger partial charge in [-0.25, -0.2) is 19.2 Å². The number of unbranched alkanes of at least 4 members (excludes halogenated alkanes) is 2. The number of nitrogens with two attached hydrogens (primary N) is 1. The molecule has 334 valence electrons. The number of amides is 7. The van der Waals surface area contributed by atoms with Crippen molar-refractivity contribution in [3.63, 3.8) is 0 Å². The number of nitrogens with one attached hydrogen (secondary N) is 9. The van der Waals surface area contributed by atoms with E-state index in [1.54, 1.807) is 31.2 Å². The number of guanidine groups is 1. The fraction of sp³-hybridized carbons (Fsp3) is 0.556. The third-order valence-electron chi connectivity index (χ3n) is 8.51. The number of hydrogen-bond acceptors (Lipinski definition) is 11. The van der Waals surface area contributed by atoms with Gasteiger partial charge < -0.3 is 68.7 Å². The molecule has 0 aliphatic carbocycles. The summed E-state index contributed by atoms with van der Waals surface area (Å²) in [6.07, 6.45) is 0.863. The lowest BCUT2D eigenvalue weighted by molar-refractivity contribution is -0.143. The zero-order valence-electron chi connectivity index (χ0n) is 33.1. The van der Waals surface area contributed by atoms with Gasteiger partial charge in [-0.1, -0.05) is 24.3 Å². The zero-order chi connectivity index (χ0) is 45.2. The molecule has 15 N–H and O–H groups in total. The number of urea groups is 2. The second kappa shape index (κ2) is 28.2. The maximum Gasteiger partial charge on any atom is 0.327 e. The molecule has 23 nitrogen and oxygen atoms in total. The molecule has 0 radical (unpaired) electrons. The number of hydrogen-bond donors (Lipinski definition) is 15. The largest absolute Gasteiger partial charge is 0.481 e. The van der Waals surface area contributed by atoms with Crippen LogP contribution in [-0.2, 0) is 46.5 Å². The first-order chi connectivity index (χ1) is 28.3. The van der Waals surface area contributed by atoms with Gasteiger partial charge in [-0.15, -0.1) is 0 Å². The van der Waals surface area contributed by atoms with Crippen LogP contribution in [0.25, 0.3) is 0 Å². The topological polar surface area (TPSA) is 381 Å². The van der Waals surface area contributed by atoms with E-state index in [2.05, 4.69) is 55.2 Å². The van der Waals surface area contributed by atoms with Crippen LogP contribution in [-0.4, -0.2) is 129 Å². The van der Waals surface area contributed by atoms with Crippen molar-refractivity contribution in [3.8, 4) is 0 Å². The number of carbonyl (C=O) groups is 9. The molecule has 0 spiro atoms. The molecule has 0 aliphatic heterocycles. The predicted octanol–water partition coefficient (Wildman–Crippen LogP) is -1.20. The first-order valence-electron chi connectivity index (χ1n) is 19.0. The lowest BCUT2D eigenvalue weighted by Gasteiger charge is -2.23. The van der Waals surface area contributed by atoms with E-state index in [1.807, 2.05) is 0 Å². The first kappa shape index (κ1) is 51.7. The molecule has 5 atom stereocenters. The van der Waals surface area contributed by atoms with Crippen molar-refractivity contribution in [2.24, 2.45) is 5.73 Å². The molecule has 7 amide bonds. The Kier molecular flexibility index (Phi) is 24.3. The molecule has 0 saturated heterocycles. The van der Waals surface area contributed by atoms with E-state index >= 15 is 0 Å². The Balaban J connectivity index is 2.66.